The second kappa shape index (κ2) is 6.32. The van der Waals surface area contributed by atoms with Gasteiger partial charge in [-0.1, -0.05) is 6.07 Å². The van der Waals surface area contributed by atoms with Crippen LogP contribution in [0.1, 0.15) is 23.1 Å². The Morgan fingerprint density at radius 1 is 1.37 bits per heavy atom. The predicted molar refractivity (Wildman–Crippen MR) is 74.4 cm³/mol. The molecule has 0 bridgehead atoms. The minimum atomic E-state index is -0.280. The van der Waals surface area contributed by atoms with Crippen molar-refractivity contribution in [3.05, 3.63) is 57.7 Å². The molecule has 0 saturated heterocycles. The van der Waals surface area contributed by atoms with Crippen molar-refractivity contribution in [1.29, 1.82) is 0 Å². The van der Waals surface area contributed by atoms with Crippen LogP contribution in [-0.4, -0.2) is 14.2 Å². The van der Waals surface area contributed by atoms with E-state index in [0.717, 1.165) is 17.1 Å². The van der Waals surface area contributed by atoms with Crippen LogP contribution in [0, 0.1) is 5.82 Å². The van der Waals surface area contributed by atoms with E-state index in [4.69, 9.17) is 9.15 Å². The molecule has 0 aliphatic rings. The monoisotopic (exact) mass is 327 g/mol. The summed E-state index contributed by atoms with van der Waals surface area (Å²) < 4.78 is 24.4. The van der Waals surface area contributed by atoms with Crippen molar-refractivity contribution in [3.63, 3.8) is 0 Å². The van der Waals surface area contributed by atoms with Crippen LogP contribution >= 0.6 is 15.9 Å². The third kappa shape index (κ3) is 3.23. The molecule has 3 nitrogen and oxygen atoms in total. The van der Waals surface area contributed by atoms with Crippen LogP contribution in [0.5, 0.6) is 0 Å². The molecular formula is C14H15BrFNO2. The lowest BCUT2D eigenvalue weighted by Gasteiger charge is -2.14. The van der Waals surface area contributed by atoms with Crippen molar-refractivity contribution in [2.45, 2.75) is 12.6 Å². The van der Waals surface area contributed by atoms with Gasteiger partial charge in [-0.15, -0.1) is 0 Å². The van der Waals surface area contributed by atoms with Gasteiger partial charge in [0.1, 0.15) is 23.9 Å². The summed E-state index contributed by atoms with van der Waals surface area (Å²) in [6.45, 7) is 0.434. The van der Waals surface area contributed by atoms with E-state index in [0.29, 0.717) is 11.1 Å². The van der Waals surface area contributed by atoms with E-state index in [-0.39, 0.29) is 11.9 Å². The summed E-state index contributed by atoms with van der Waals surface area (Å²) in [5.74, 6) is 1.25. The van der Waals surface area contributed by atoms with Gasteiger partial charge in [-0.3, -0.25) is 0 Å². The van der Waals surface area contributed by atoms with Crippen LogP contribution < -0.4 is 5.32 Å². The average Bonchev–Trinajstić information content (AvgIpc) is 2.83. The number of methoxy groups -OCH3 is 1. The third-order valence-electron chi connectivity index (χ3n) is 2.82. The Hall–Kier alpha value is -1.17. The van der Waals surface area contributed by atoms with Crippen LogP contribution in [0.3, 0.4) is 0 Å². The molecule has 1 unspecified atom stereocenters. The Balaban J connectivity index is 2.29. The number of nitrogens with one attached hydrogen (secondary N) is 1. The molecule has 1 aromatic heterocycles. The average molecular weight is 328 g/mol. The summed E-state index contributed by atoms with van der Waals surface area (Å²) in [5, 5.41) is 3.16. The number of benzene rings is 1. The molecule has 1 aromatic carbocycles. The normalized spacial score (nSPS) is 12.6. The highest BCUT2D eigenvalue weighted by atomic mass is 79.9. The lowest BCUT2D eigenvalue weighted by molar-refractivity contribution is 0.162. The lowest BCUT2D eigenvalue weighted by Crippen LogP contribution is -2.17. The van der Waals surface area contributed by atoms with Gasteiger partial charge in [-0.2, -0.15) is 0 Å². The molecule has 0 saturated carbocycles. The predicted octanol–water partition coefficient (Wildman–Crippen LogP) is 3.64. The minimum Gasteiger partial charge on any atom is -0.462 e. The van der Waals surface area contributed by atoms with E-state index < -0.39 is 0 Å². The number of hydrogen-bond donors (Lipinski definition) is 1. The molecule has 5 heteroatoms. The molecule has 2 rings (SSSR count). The van der Waals surface area contributed by atoms with Gasteiger partial charge < -0.3 is 14.5 Å². The Morgan fingerprint density at radius 2 is 2.16 bits per heavy atom. The largest absolute Gasteiger partial charge is 0.462 e. The fourth-order valence-electron chi connectivity index (χ4n) is 1.93. The summed E-state index contributed by atoms with van der Waals surface area (Å²) in [7, 11) is 3.45. The fraction of sp³-hybridized carbons (Fsp3) is 0.286. The molecule has 0 fully saturated rings. The SMILES string of the molecule is CNC(c1ccc(F)c(Br)c1)c1ccc(COC)o1. The van der Waals surface area contributed by atoms with Gasteiger partial charge >= 0.3 is 0 Å². The molecule has 2 aromatic rings. The first-order valence-electron chi connectivity index (χ1n) is 5.85. The van der Waals surface area contributed by atoms with Gasteiger partial charge in [0, 0.05) is 7.11 Å². The Labute approximate surface area is 119 Å². The van der Waals surface area contributed by atoms with Crippen molar-refractivity contribution in [2.75, 3.05) is 14.2 Å². The quantitative estimate of drug-likeness (QED) is 0.910. The zero-order valence-corrected chi connectivity index (χ0v) is 12.3. The molecule has 0 aliphatic carbocycles. The van der Waals surface area contributed by atoms with E-state index in [2.05, 4.69) is 21.2 Å². The fourth-order valence-corrected chi connectivity index (χ4v) is 2.33. The van der Waals surface area contributed by atoms with Crippen LogP contribution in [0.2, 0.25) is 0 Å². The maximum absolute atomic E-state index is 13.3. The molecule has 1 atom stereocenters. The molecule has 0 radical (unpaired) electrons. The van der Waals surface area contributed by atoms with Gasteiger partial charge in [0.05, 0.1) is 10.5 Å². The Kier molecular flexibility index (Phi) is 4.74. The maximum atomic E-state index is 13.3. The summed E-state index contributed by atoms with van der Waals surface area (Å²) in [6.07, 6.45) is 0. The topological polar surface area (TPSA) is 34.4 Å². The molecule has 1 heterocycles. The smallest absolute Gasteiger partial charge is 0.137 e. The Morgan fingerprint density at radius 3 is 2.79 bits per heavy atom. The van der Waals surface area contributed by atoms with Crippen LogP contribution in [0.4, 0.5) is 4.39 Å². The van der Waals surface area contributed by atoms with Gasteiger partial charge in [-0.05, 0) is 52.8 Å². The first kappa shape index (κ1) is 14.2. The minimum absolute atomic E-state index is 0.123. The summed E-state index contributed by atoms with van der Waals surface area (Å²) >= 11 is 3.19. The van der Waals surface area contributed by atoms with Gasteiger partial charge in [0.2, 0.25) is 0 Å². The van der Waals surface area contributed by atoms with Crippen molar-refractivity contribution in [3.8, 4) is 0 Å². The summed E-state index contributed by atoms with van der Waals surface area (Å²) in [5.41, 5.74) is 0.925. The molecule has 0 amide bonds. The van der Waals surface area contributed by atoms with Crippen molar-refractivity contribution >= 4 is 15.9 Å². The molecule has 1 N–H and O–H groups in total. The molecule has 0 spiro atoms. The van der Waals surface area contributed by atoms with E-state index in [9.17, 15) is 4.39 Å². The van der Waals surface area contributed by atoms with Crippen LogP contribution in [0.25, 0.3) is 0 Å². The Bertz CT molecular complexity index is 556. The molecular weight excluding hydrogens is 313 g/mol. The summed E-state index contributed by atoms with van der Waals surface area (Å²) in [4.78, 5) is 0. The van der Waals surface area contributed by atoms with Crippen LogP contribution in [-0.2, 0) is 11.3 Å². The first-order valence-corrected chi connectivity index (χ1v) is 6.64. The van der Waals surface area contributed by atoms with Gasteiger partial charge in [0.15, 0.2) is 0 Å². The third-order valence-corrected chi connectivity index (χ3v) is 3.43. The van der Waals surface area contributed by atoms with Crippen molar-refractivity contribution in [1.82, 2.24) is 5.32 Å². The van der Waals surface area contributed by atoms with Crippen molar-refractivity contribution in [2.24, 2.45) is 0 Å². The lowest BCUT2D eigenvalue weighted by atomic mass is 10.0. The second-order valence-electron chi connectivity index (χ2n) is 4.13. The van der Waals surface area contributed by atoms with E-state index >= 15 is 0 Å². The molecule has 19 heavy (non-hydrogen) atoms. The van der Waals surface area contributed by atoms with Crippen molar-refractivity contribution < 1.29 is 13.5 Å². The van der Waals surface area contributed by atoms with Gasteiger partial charge in [-0.25, -0.2) is 4.39 Å². The molecule has 102 valence electrons. The first-order chi connectivity index (χ1) is 9.15. The highest BCUT2D eigenvalue weighted by Crippen LogP contribution is 2.27. The van der Waals surface area contributed by atoms with E-state index in [1.165, 1.54) is 6.07 Å². The highest BCUT2D eigenvalue weighted by Gasteiger charge is 2.17. The molecule has 0 aliphatic heterocycles. The van der Waals surface area contributed by atoms with Gasteiger partial charge in [0.25, 0.3) is 0 Å². The number of ether oxygens (including phenoxy) is 1. The second-order valence-corrected chi connectivity index (χ2v) is 4.99. The maximum Gasteiger partial charge on any atom is 0.137 e. The standard InChI is InChI=1S/C14H15BrFNO2/c1-17-14(9-3-5-12(16)11(15)7-9)13-6-4-10(19-13)8-18-2/h3-7,14,17H,8H2,1-2H3. The zero-order valence-electron chi connectivity index (χ0n) is 10.7. The van der Waals surface area contributed by atoms with E-state index in [1.54, 1.807) is 19.2 Å². The number of furan rings is 1. The number of hydrogen-bond acceptors (Lipinski definition) is 3. The number of rotatable bonds is 5. The van der Waals surface area contributed by atoms with Crippen LogP contribution in [0.15, 0.2) is 39.2 Å². The van der Waals surface area contributed by atoms with E-state index in [1.807, 2.05) is 19.2 Å². The zero-order chi connectivity index (χ0) is 13.8. The summed E-state index contributed by atoms with van der Waals surface area (Å²) in [6, 6.07) is 8.56. The number of halogens is 2. The highest BCUT2D eigenvalue weighted by molar-refractivity contribution is 9.10.